The van der Waals surface area contributed by atoms with Crippen LogP contribution in [-0.4, -0.2) is 17.1 Å². The van der Waals surface area contributed by atoms with E-state index in [0.717, 1.165) is 16.7 Å². The first-order chi connectivity index (χ1) is 14.6. The Balaban J connectivity index is 1.68. The van der Waals surface area contributed by atoms with E-state index in [1.807, 2.05) is 48.5 Å². The number of amides is 1. The van der Waals surface area contributed by atoms with Crippen LogP contribution in [0, 0.1) is 0 Å². The summed E-state index contributed by atoms with van der Waals surface area (Å²) >= 11 is 12.8. The fourth-order valence-corrected chi connectivity index (χ4v) is 3.38. The van der Waals surface area contributed by atoms with E-state index in [1.54, 1.807) is 18.2 Å². The SMILES string of the molecule is O=C(N/N=C/c1cc(-c2ccccc2Cl)c(-c2ccccc2Cl)o1)c1ccncc1. The van der Waals surface area contributed by atoms with Crippen LogP contribution < -0.4 is 5.43 Å². The van der Waals surface area contributed by atoms with Crippen LogP contribution in [0.5, 0.6) is 0 Å². The smallest absolute Gasteiger partial charge is 0.271 e. The molecule has 30 heavy (non-hydrogen) atoms. The predicted octanol–water partition coefficient (Wildman–Crippen LogP) is 6.08. The van der Waals surface area contributed by atoms with E-state index >= 15 is 0 Å². The molecule has 0 radical (unpaired) electrons. The largest absolute Gasteiger partial charge is 0.454 e. The Kier molecular flexibility index (Phi) is 5.93. The average Bonchev–Trinajstić information content (AvgIpc) is 3.18. The van der Waals surface area contributed by atoms with Gasteiger partial charge in [0.25, 0.3) is 5.91 Å². The monoisotopic (exact) mass is 435 g/mol. The van der Waals surface area contributed by atoms with Gasteiger partial charge in [0.15, 0.2) is 0 Å². The van der Waals surface area contributed by atoms with Gasteiger partial charge in [-0.1, -0.05) is 53.5 Å². The van der Waals surface area contributed by atoms with Gasteiger partial charge in [-0.3, -0.25) is 9.78 Å². The first-order valence-electron chi connectivity index (χ1n) is 9.00. The van der Waals surface area contributed by atoms with E-state index in [4.69, 9.17) is 27.6 Å². The summed E-state index contributed by atoms with van der Waals surface area (Å²) in [6.45, 7) is 0. The highest BCUT2D eigenvalue weighted by Crippen LogP contribution is 2.40. The van der Waals surface area contributed by atoms with Gasteiger partial charge in [0.05, 0.1) is 11.2 Å². The molecule has 0 unspecified atom stereocenters. The number of benzene rings is 2. The minimum atomic E-state index is -0.349. The summed E-state index contributed by atoms with van der Waals surface area (Å²) in [6.07, 6.45) is 4.51. The summed E-state index contributed by atoms with van der Waals surface area (Å²) in [5.74, 6) is 0.656. The quantitative estimate of drug-likeness (QED) is 0.305. The van der Waals surface area contributed by atoms with Gasteiger partial charge in [0, 0.05) is 39.7 Å². The zero-order valence-electron chi connectivity index (χ0n) is 15.5. The molecule has 0 saturated carbocycles. The van der Waals surface area contributed by atoms with Crippen LogP contribution in [0.1, 0.15) is 16.1 Å². The van der Waals surface area contributed by atoms with Crippen LogP contribution in [-0.2, 0) is 0 Å². The van der Waals surface area contributed by atoms with Gasteiger partial charge in [0.1, 0.15) is 11.5 Å². The zero-order chi connectivity index (χ0) is 20.9. The second-order valence-electron chi connectivity index (χ2n) is 6.29. The molecule has 1 N–H and O–H groups in total. The van der Waals surface area contributed by atoms with Crippen LogP contribution in [0.2, 0.25) is 10.0 Å². The molecule has 5 nitrogen and oxygen atoms in total. The maximum Gasteiger partial charge on any atom is 0.271 e. The lowest BCUT2D eigenvalue weighted by molar-refractivity contribution is 0.0955. The number of aromatic nitrogens is 1. The van der Waals surface area contributed by atoms with Crippen LogP contribution in [0.25, 0.3) is 22.5 Å². The molecular formula is C23H15Cl2N3O2. The normalized spacial score (nSPS) is 11.0. The van der Waals surface area contributed by atoms with E-state index in [1.165, 1.54) is 18.6 Å². The molecule has 2 heterocycles. The van der Waals surface area contributed by atoms with E-state index in [-0.39, 0.29) is 5.91 Å². The fraction of sp³-hybridized carbons (Fsp3) is 0. The van der Waals surface area contributed by atoms with Gasteiger partial charge in [-0.2, -0.15) is 5.10 Å². The maximum atomic E-state index is 12.1. The highest BCUT2D eigenvalue weighted by molar-refractivity contribution is 6.34. The number of nitrogens with zero attached hydrogens (tertiary/aromatic N) is 2. The Morgan fingerprint density at radius 1 is 0.900 bits per heavy atom. The number of carbonyl (C=O) groups excluding carboxylic acids is 1. The number of hydrazone groups is 1. The van der Waals surface area contributed by atoms with Crippen LogP contribution in [0.15, 0.2) is 88.6 Å². The van der Waals surface area contributed by atoms with Gasteiger partial charge < -0.3 is 4.42 Å². The number of furan rings is 1. The van der Waals surface area contributed by atoms with Crippen molar-refractivity contribution in [1.82, 2.24) is 10.4 Å². The molecule has 0 fully saturated rings. The van der Waals surface area contributed by atoms with Crippen molar-refractivity contribution in [3.8, 4) is 22.5 Å². The molecule has 148 valence electrons. The lowest BCUT2D eigenvalue weighted by Crippen LogP contribution is -2.17. The highest BCUT2D eigenvalue weighted by atomic mass is 35.5. The molecule has 0 atom stereocenters. The summed E-state index contributed by atoms with van der Waals surface area (Å²) in [7, 11) is 0. The number of hydrogen-bond acceptors (Lipinski definition) is 4. The van der Waals surface area contributed by atoms with Crippen LogP contribution in [0.4, 0.5) is 0 Å². The summed E-state index contributed by atoms with van der Waals surface area (Å²) in [6, 6.07) is 19.9. The molecule has 4 aromatic rings. The molecule has 2 aromatic heterocycles. The summed E-state index contributed by atoms with van der Waals surface area (Å²) < 4.78 is 6.02. The highest BCUT2D eigenvalue weighted by Gasteiger charge is 2.18. The molecule has 7 heteroatoms. The van der Waals surface area contributed by atoms with Crippen molar-refractivity contribution in [2.75, 3.05) is 0 Å². The van der Waals surface area contributed by atoms with Crippen molar-refractivity contribution >= 4 is 35.3 Å². The van der Waals surface area contributed by atoms with Crippen LogP contribution in [0.3, 0.4) is 0 Å². The summed E-state index contributed by atoms with van der Waals surface area (Å²) in [4.78, 5) is 16.0. The second kappa shape index (κ2) is 8.95. The van der Waals surface area contributed by atoms with E-state index < -0.39 is 0 Å². The molecule has 0 bridgehead atoms. The molecule has 0 aliphatic heterocycles. The van der Waals surface area contributed by atoms with Crippen molar-refractivity contribution in [1.29, 1.82) is 0 Å². The van der Waals surface area contributed by atoms with Crippen molar-refractivity contribution in [2.45, 2.75) is 0 Å². The predicted molar refractivity (Wildman–Crippen MR) is 119 cm³/mol. The van der Waals surface area contributed by atoms with Crippen molar-refractivity contribution < 1.29 is 9.21 Å². The van der Waals surface area contributed by atoms with E-state index in [9.17, 15) is 4.79 Å². The third-order valence-corrected chi connectivity index (χ3v) is 4.99. The molecular weight excluding hydrogens is 421 g/mol. The lowest BCUT2D eigenvalue weighted by Gasteiger charge is -2.06. The van der Waals surface area contributed by atoms with Gasteiger partial charge in [-0.05, 0) is 36.4 Å². The van der Waals surface area contributed by atoms with Gasteiger partial charge in [-0.15, -0.1) is 0 Å². The number of halogens is 2. The molecule has 0 aliphatic carbocycles. The number of pyridine rings is 1. The first kappa shape index (κ1) is 19.9. The van der Waals surface area contributed by atoms with Gasteiger partial charge >= 0.3 is 0 Å². The fourth-order valence-electron chi connectivity index (χ4n) is 2.92. The molecule has 0 aliphatic rings. The van der Waals surface area contributed by atoms with Gasteiger partial charge in [0.2, 0.25) is 0 Å². The third-order valence-electron chi connectivity index (χ3n) is 4.33. The number of hydrogen-bond donors (Lipinski definition) is 1. The average molecular weight is 436 g/mol. The molecule has 1 amide bonds. The number of rotatable bonds is 5. The van der Waals surface area contributed by atoms with Crippen molar-refractivity contribution in [3.05, 3.63) is 100 Å². The molecule has 0 saturated heterocycles. The van der Waals surface area contributed by atoms with Crippen molar-refractivity contribution in [2.24, 2.45) is 5.10 Å². The molecule has 0 spiro atoms. The first-order valence-corrected chi connectivity index (χ1v) is 9.76. The second-order valence-corrected chi connectivity index (χ2v) is 7.10. The maximum absolute atomic E-state index is 12.1. The Labute approximate surface area is 183 Å². The van der Waals surface area contributed by atoms with E-state index in [2.05, 4.69) is 15.5 Å². The Morgan fingerprint density at radius 2 is 1.53 bits per heavy atom. The minimum Gasteiger partial charge on any atom is -0.454 e. The summed E-state index contributed by atoms with van der Waals surface area (Å²) in [5, 5.41) is 5.13. The Morgan fingerprint density at radius 3 is 2.20 bits per heavy atom. The zero-order valence-corrected chi connectivity index (χ0v) is 17.1. The lowest BCUT2D eigenvalue weighted by atomic mass is 10.0. The number of carbonyl (C=O) groups is 1. The minimum absolute atomic E-state index is 0.349. The molecule has 4 rings (SSSR count). The Bertz CT molecular complexity index is 1160. The molecule has 2 aromatic carbocycles. The topological polar surface area (TPSA) is 67.5 Å². The third kappa shape index (κ3) is 4.27. The Hall–Kier alpha value is -3.41. The standard InChI is InChI=1S/C23H15Cl2N3O2/c24-20-7-3-1-5-17(20)19-13-16(30-22(19)18-6-2-4-8-21(18)25)14-27-28-23(29)15-9-11-26-12-10-15/h1-14H,(H,28,29)/b27-14+. The van der Waals surface area contributed by atoms with Crippen molar-refractivity contribution in [3.63, 3.8) is 0 Å². The van der Waals surface area contributed by atoms with E-state index in [0.29, 0.717) is 27.1 Å². The van der Waals surface area contributed by atoms with Gasteiger partial charge in [-0.25, -0.2) is 5.43 Å². The number of nitrogens with one attached hydrogen (secondary N) is 1. The summed E-state index contributed by atoms with van der Waals surface area (Å²) in [5.41, 5.74) is 5.23. The van der Waals surface area contributed by atoms with Crippen LogP contribution >= 0.6 is 23.2 Å².